The number of rotatable bonds is 5. The topological polar surface area (TPSA) is 76.1 Å². The minimum Gasteiger partial charge on any atom is -0.507 e. The first-order valence-electron chi connectivity index (χ1n) is 9.39. The standard InChI is InChI=1S/C23H17F2NO5S/c1-30-16-8-5-12(10-17(16)31-2)21(27)19-20(18-4-3-9-32-18)26(23(29)22(19)28)15-7-6-13(24)11-14(15)25/h3-11,20,27H,1-2H3/b21-19-. The average Bonchev–Trinajstić information content (AvgIpc) is 3.40. The number of nitrogens with zero attached hydrogens (tertiary/aromatic N) is 1. The number of carbonyl (C=O) groups excluding carboxylic acids is 2. The van der Waals surface area contributed by atoms with Crippen molar-refractivity contribution in [2.75, 3.05) is 19.1 Å². The maximum absolute atomic E-state index is 14.6. The van der Waals surface area contributed by atoms with E-state index in [0.29, 0.717) is 22.4 Å². The lowest BCUT2D eigenvalue weighted by Crippen LogP contribution is -2.30. The van der Waals surface area contributed by atoms with Gasteiger partial charge in [0.1, 0.15) is 23.4 Å². The number of aliphatic hydroxyl groups is 1. The van der Waals surface area contributed by atoms with E-state index in [2.05, 4.69) is 0 Å². The van der Waals surface area contributed by atoms with E-state index in [0.717, 1.165) is 17.0 Å². The highest BCUT2D eigenvalue weighted by Gasteiger charge is 2.48. The molecule has 1 amide bonds. The molecular formula is C23H17F2NO5S. The van der Waals surface area contributed by atoms with E-state index in [-0.39, 0.29) is 16.8 Å². The number of carbonyl (C=O) groups is 2. The summed E-state index contributed by atoms with van der Waals surface area (Å²) >= 11 is 1.23. The Bertz CT molecular complexity index is 1240. The molecule has 9 heteroatoms. The van der Waals surface area contributed by atoms with Crippen LogP contribution in [0.25, 0.3) is 5.76 Å². The summed E-state index contributed by atoms with van der Waals surface area (Å²) in [5, 5.41) is 12.8. The zero-order chi connectivity index (χ0) is 23.0. The van der Waals surface area contributed by atoms with Gasteiger partial charge in [-0.25, -0.2) is 8.78 Å². The van der Waals surface area contributed by atoms with Crippen LogP contribution in [-0.4, -0.2) is 31.0 Å². The number of methoxy groups -OCH3 is 2. The van der Waals surface area contributed by atoms with Crippen LogP contribution in [-0.2, 0) is 9.59 Å². The molecule has 0 bridgehead atoms. The molecule has 1 N–H and O–H groups in total. The number of thiophene rings is 1. The zero-order valence-electron chi connectivity index (χ0n) is 17.0. The van der Waals surface area contributed by atoms with Crippen molar-refractivity contribution in [3.63, 3.8) is 0 Å². The van der Waals surface area contributed by atoms with Crippen molar-refractivity contribution in [1.82, 2.24) is 0 Å². The van der Waals surface area contributed by atoms with Crippen LogP contribution >= 0.6 is 11.3 Å². The van der Waals surface area contributed by atoms with Gasteiger partial charge < -0.3 is 14.6 Å². The number of ketones is 1. The number of Topliss-reactive ketones (excluding diaryl/α,β-unsaturated/α-hetero) is 1. The first-order chi connectivity index (χ1) is 15.4. The second-order valence-electron chi connectivity index (χ2n) is 6.85. The molecule has 1 aliphatic rings. The molecule has 0 spiro atoms. The van der Waals surface area contributed by atoms with E-state index in [1.807, 2.05) is 0 Å². The highest BCUT2D eigenvalue weighted by molar-refractivity contribution is 7.10. The number of ether oxygens (including phenoxy) is 2. The molecule has 1 aromatic heterocycles. The highest BCUT2D eigenvalue weighted by atomic mass is 32.1. The van der Waals surface area contributed by atoms with Gasteiger partial charge in [-0.2, -0.15) is 0 Å². The fourth-order valence-electron chi connectivity index (χ4n) is 3.61. The first-order valence-corrected chi connectivity index (χ1v) is 10.3. The van der Waals surface area contributed by atoms with Crippen molar-refractivity contribution in [3.8, 4) is 11.5 Å². The largest absolute Gasteiger partial charge is 0.507 e. The smallest absolute Gasteiger partial charge is 0.300 e. The van der Waals surface area contributed by atoms with Gasteiger partial charge in [0.2, 0.25) is 0 Å². The van der Waals surface area contributed by atoms with Crippen molar-refractivity contribution >= 4 is 34.5 Å². The van der Waals surface area contributed by atoms with Crippen LogP contribution in [0.15, 0.2) is 59.5 Å². The molecule has 0 aliphatic carbocycles. The quantitative estimate of drug-likeness (QED) is 0.342. The molecule has 164 valence electrons. The number of hydrogen-bond acceptors (Lipinski definition) is 6. The summed E-state index contributed by atoms with van der Waals surface area (Å²) in [6, 6.07) is 9.51. The molecular weight excluding hydrogens is 440 g/mol. The van der Waals surface area contributed by atoms with Crippen molar-refractivity contribution in [2.24, 2.45) is 0 Å². The van der Waals surface area contributed by atoms with E-state index >= 15 is 0 Å². The maximum Gasteiger partial charge on any atom is 0.300 e. The van der Waals surface area contributed by atoms with Gasteiger partial charge in [0.25, 0.3) is 11.7 Å². The molecule has 4 rings (SSSR count). The average molecular weight is 457 g/mol. The summed E-state index contributed by atoms with van der Waals surface area (Å²) in [5.41, 5.74) is -0.270. The van der Waals surface area contributed by atoms with Gasteiger partial charge >= 0.3 is 0 Å². The van der Waals surface area contributed by atoms with Crippen LogP contribution in [0.5, 0.6) is 11.5 Å². The van der Waals surface area contributed by atoms with Crippen LogP contribution in [0, 0.1) is 11.6 Å². The van der Waals surface area contributed by atoms with Gasteiger partial charge in [-0.05, 0) is 41.8 Å². The minimum absolute atomic E-state index is 0.210. The summed E-state index contributed by atoms with van der Waals surface area (Å²) in [5.74, 6) is -3.57. The molecule has 1 unspecified atom stereocenters. The van der Waals surface area contributed by atoms with E-state index in [1.54, 1.807) is 23.6 Å². The molecule has 1 saturated heterocycles. The Morgan fingerprint density at radius 2 is 1.78 bits per heavy atom. The number of hydrogen-bond donors (Lipinski definition) is 1. The van der Waals surface area contributed by atoms with Crippen LogP contribution < -0.4 is 14.4 Å². The van der Waals surface area contributed by atoms with Gasteiger partial charge in [-0.15, -0.1) is 11.3 Å². The van der Waals surface area contributed by atoms with E-state index < -0.39 is 35.1 Å². The molecule has 6 nitrogen and oxygen atoms in total. The van der Waals surface area contributed by atoms with E-state index in [4.69, 9.17) is 9.47 Å². The summed E-state index contributed by atoms with van der Waals surface area (Å²) in [7, 11) is 2.88. The van der Waals surface area contributed by atoms with Crippen molar-refractivity contribution in [2.45, 2.75) is 6.04 Å². The van der Waals surface area contributed by atoms with Gasteiger partial charge in [0.05, 0.1) is 25.5 Å². The van der Waals surface area contributed by atoms with Crippen LogP contribution in [0.1, 0.15) is 16.5 Å². The fourth-order valence-corrected chi connectivity index (χ4v) is 4.44. The molecule has 1 fully saturated rings. The lowest BCUT2D eigenvalue weighted by molar-refractivity contribution is -0.132. The number of anilines is 1. The summed E-state index contributed by atoms with van der Waals surface area (Å²) in [6.45, 7) is 0. The predicted octanol–water partition coefficient (Wildman–Crippen LogP) is 4.67. The zero-order valence-corrected chi connectivity index (χ0v) is 17.8. The van der Waals surface area contributed by atoms with Crippen molar-refractivity contribution < 1.29 is 33.0 Å². The summed E-state index contributed by atoms with van der Waals surface area (Å²) < 4.78 is 38.5. The Hall–Kier alpha value is -3.72. The Morgan fingerprint density at radius 1 is 1.03 bits per heavy atom. The predicted molar refractivity (Wildman–Crippen MR) is 115 cm³/mol. The van der Waals surface area contributed by atoms with Crippen LogP contribution in [0.4, 0.5) is 14.5 Å². The SMILES string of the molecule is COc1ccc(/C(O)=C2/C(=O)C(=O)N(c3ccc(F)cc3F)C2c2cccs2)cc1OC. The monoisotopic (exact) mass is 457 g/mol. The van der Waals surface area contributed by atoms with Crippen LogP contribution in [0.3, 0.4) is 0 Å². The van der Waals surface area contributed by atoms with Crippen molar-refractivity contribution in [3.05, 3.63) is 81.6 Å². The second-order valence-corrected chi connectivity index (χ2v) is 7.83. The normalized spacial score (nSPS) is 17.6. The molecule has 32 heavy (non-hydrogen) atoms. The van der Waals surface area contributed by atoms with Gasteiger partial charge in [-0.1, -0.05) is 6.07 Å². The lowest BCUT2D eigenvalue weighted by atomic mass is 9.99. The third-order valence-corrected chi connectivity index (χ3v) is 6.01. The number of halogens is 2. The highest BCUT2D eigenvalue weighted by Crippen LogP contribution is 2.44. The third-order valence-electron chi connectivity index (χ3n) is 5.08. The van der Waals surface area contributed by atoms with Crippen LogP contribution in [0.2, 0.25) is 0 Å². The Balaban J connectivity index is 1.93. The molecule has 2 heterocycles. The van der Waals surface area contributed by atoms with Gasteiger partial charge in [0.15, 0.2) is 11.5 Å². The second kappa shape index (κ2) is 8.43. The molecule has 1 aliphatic heterocycles. The van der Waals surface area contributed by atoms with E-state index in [1.165, 1.54) is 37.7 Å². The van der Waals surface area contributed by atoms with Gasteiger partial charge in [-0.3, -0.25) is 14.5 Å². The molecule has 0 radical (unpaired) electrons. The number of benzene rings is 2. The first kappa shape index (κ1) is 21.5. The molecule has 2 aromatic carbocycles. The fraction of sp³-hybridized carbons (Fsp3) is 0.130. The Labute approximate surface area is 185 Å². The maximum atomic E-state index is 14.6. The summed E-state index contributed by atoms with van der Waals surface area (Å²) in [4.78, 5) is 27.4. The molecule has 0 saturated carbocycles. The Kier molecular flexibility index (Phi) is 5.67. The minimum atomic E-state index is -1.09. The number of amides is 1. The number of aliphatic hydroxyl groups excluding tert-OH is 1. The van der Waals surface area contributed by atoms with E-state index in [9.17, 15) is 23.5 Å². The Morgan fingerprint density at radius 3 is 2.41 bits per heavy atom. The third kappa shape index (κ3) is 3.50. The molecule has 3 aromatic rings. The van der Waals surface area contributed by atoms with Gasteiger partial charge in [0, 0.05) is 16.5 Å². The van der Waals surface area contributed by atoms with Crippen molar-refractivity contribution in [1.29, 1.82) is 0 Å². The molecule has 1 atom stereocenters. The summed E-state index contributed by atoms with van der Waals surface area (Å²) in [6.07, 6.45) is 0. The lowest BCUT2D eigenvalue weighted by Gasteiger charge is -2.24.